The van der Waals surface area contributed by atoms with Gasteiger partial charge in [-0.2, -0.15) is 0 Å². The fraction of sp³-hybridized carbons (Fsp3) is 0.219. The van der Waals surface area contributed by atoms with E-state index >= 15 is 0 Å². The van der Waals surface area contributed by atoms with Gasteiger partial charge < -0.3 is 25.2 Å². The third kappa shape index (κ3) is 5.41. The van der Waals surface area contributed by atoms with E-state index in [-0.39, 0.29) is 5.91 Å². The van der Waals surface area contributed by atoms with Gasteiger partial charge in [0, 0.05) is 70.5 Å². The van der Waals surface area contributed by atoms with E-state index in [1.54, 1.807) is 37.2 Å². The highest BCUT2D eigenvalue weighted by Crippen LogP contribution is 2.34. The molecule has 6 rings (SSSR count). The van der Waals surface area contributed by atoms with Crippen LogP contribution in [-0.2, 0) is 9.53 Å². The van der Waals surface area contributed by atoms with Gasteiger partial charge in [-0.25, -0.2) is 4.99 Å². The normalized spacial score (nSPS) is 17.5. The first-order valence-electron chi connectivity index (χ1n) is 13.7. The lowest BCUT2D eigenvalue weighted by Gasteiger charge is -2.30. The Morgan fingerprint density at radius 2 is 1.64 bits per heavy atom. The van der Waals surface area contributed by atoms with Crippen molar-refractivity contribution in [1.29, 1.82) is 0 Å². The van der Waals surface area contributed by atoms with E-state index in [2.05, 4.69) is 38.7 Å². The quantitative estimate of drug-likeness (QED) is 0.228. The van der Waals surface area contributed by atoms with Gasteiger partial charge in [0.25, 0.3) is 5.91 Å². The third-order valence-electron chi connectivity index (χ3n) is 7.53. The molecule has 2 aliphatic rings. The predicted octanol–water partition coefficient (Wildman–Crippen LogP) is 5.81. The first kappa shape index (κ1) is 28.0. The Bertz CT molecular complexity index is 1720. The van der Waals surface area contributed by atoms with Crippen molar-refractivity contribution in [2.45, 2.75) is 6.17 Å². The summed E-state index contributed by atoms with van der Waals surface area (Å²) in [5.41, 5.74) is 4.67. The molecule has 2 N–H and O–H groups in total. The highest BCUT2D eigenvalue weighted by atomic mass is 35.5. The molecule has 10 heteroatoms. The smallest absolute Gasteiger partial charge is 0.272 e. The van der Waals surface area contributed by atoms with Gasteiger partial charge in [-0.05, 0) is 36.4 Å². The second-order valence-electron chi connectivity index (χ2n) is 10.0. The fourth-order valence-electron chi connectivity index (χ4n) is 5.39. The number of amides is 1. The summed E-state index contributed by atoms with van der Waals surface area (Å²) in [6.07, 6.45) is -0.988. The molecule has 1 amide bonds. The Hall–Kier alpha value is -4.11. The molecule has 0 aliphatic carbocycles. The molecule has 0 radical (unpaired) electrons. The number of halogens is 2. The number of ether oxygens (including phenoxy) is 1. The molecule has 1 saturated heterocycles. The van der Waals surface area contributed by atoms with E-state index in [9.17, 15) is 4.79 Å². The molecule has 0 bridgehead atoms. The second kappa shape index (κ2) is 12.0. The van der Waals surface area contributed by atoms with E-state index in [0.717, 1.165) is 35.2 Å². The highest BCUT2D eigenvalue weighted by molar-refractivity contribution is 6.37. The number of likely N-dealkylation sites (N-methyl/N-ethyl adjacent to an activating group) is 1. The molecule has 2 heterocycles. The molecule has 1 fully saturated rings. The van der Waals surface area contributed by atoms with Crippen LogP contribution in [0.5, 0.6) is 0 Å². The summed E-state index contributed by atoms with van der Waals surface area (Å²) in [6.45, 7) is 3.11. The maximum Gasteiger partial charge on any atom is 0.272 e. The number of benzene rings is 4. The fourth-order valence-corrected chi connectivity index (χ4v) is 5.79. The number of aliphatic imine (C=N–C) groups is 2. The van der Waals surface area contributed by atoms with E-state index in [4.69, 9.17) is 32.9 Å². The molecule has 0 spiro atoms. The van der Waals surface area contributed by atoms with Gasteiger partial charge >= 0.3 is 0 Å². The molecule has 2 aliphatic heterocycles. The standard InChI is InChI=1S/C32H30Cl2N6O2/c1-35-32(36-26-12-14-28(40-15-17-42-18-16-40)22-8-4-3-7-21(22)26)38-30-31(41)39(2)27-13-11-20(33)19-24(27)29(37-30)23-9-5-6-10-25(23)34/h3-14,19,30H,15-18H2,1-2H3,(H2,35,36,38). The zero-order valence-corrected chi connectivity index (χ0v) is 24.8. The first-order chi connectivity index (χ1) is 20.4. The summed E-state index contributed by atoms with van der Waals surface area (Å²) in [5.74, 6) is 0.147. The van der Waals surface area contributed by atoms with Crippen molar-refractivity contribution >= 4 is 68.6 Å². The summed E-state index contributed by atoms with van der Waals surface area (Å²) in [5, 5.41) is 9.87. The molecule has 42 heavy (non-hydrogen) atoms. The van der Waals surface area contributed by atoms with Gasteiger partial charge in [0.1, 0.15) is 0 Å². The van der Waals surface area contributed by atoms with Crippen LogP contribution in [0.4, 0.5) is 17.1 Å². The van der Waals surface area contributed by atoms with Crippen LogP contribution in [-0.4, -0.2) is 64.1 Å². The number of hydrogen-bond donors (Lipinski definition) is 2. The molecule has 1 atom stereocenters. The Kier molecular flexibility index (Phi) is 8.02. The minimum atomic E-state index is -0.988. The van der Waals surface area contributed by atoms with Crippen LogP contribution in [0.1, 0.15) is 11.1 Å². The van der Waals surface area contributed by atoms with Crippen molar-refractivity contribution in [1.82, 2.24) is 5.32 Å². The van der Waals surface area contributed by atoms with Gasteiger partial charge in [0.15, 0.2) is 5.96 Å². The molecule has 214 valence electrons. The monoisotopic (exact) mass is 600 g/mol. The molecular formula is C32H30Cl2N6O2. The highest BCUT2D eigenvalue weighted by Gasteiger charge is 2.31. The number of rotatable bonds is 4. The lowest BCUT2D eigenvalue weighted by Crippen LogP contribution is -2.48. The second-order valence-corrected chi connectivity index (χ2v) is 10.9. The third-order valence-corrected chi connectivity index (χ3v) is 8.09. The van der Waals surface area contributed by atoms with Crippen molar-refractivity contribution in [3.05, 3.63) is 100 Å². The lowest BCUT2D eigenvalue weighted by atomic mass is 10.00. The van der Waals surface area contributed by atoms with Crippen LogP contribution in [0.25, 0.3) is 10.8 Å². The van der Waals surface area contributed by atoms with Crippen LogP contribution in [0.3, 0.4) is 0 Å². The SMILES string of the molecule is C/N=C(\Nc1ccc(N2CCOCC2)c2ccccc12)NC1N=C(c2ccccc2Cl)c2cc(Cl)ccc2N(C)C1=O. The number of anilines is 3. The Morgan fingerprint density at radius 3 is 2.40 bits per heavy atom. The van der Waals surface area contributed by atoms with Gasteiger partial charge in [-0.1, -0.05) is 65.7 Å². The Labute approximate surface area is 254 Å². The van der Waals surface area contributed by atoms with Crippen LogP contribution in [0.2, 0.25) is 10.0 Å². The average molecular weight is 602 g/mol. The van der Waals surface area contributed by atoms with E-state index in [1.807, 2.05) is 42.5 Å². The topological polar surface area (TPSA) is 81.6 Å². The van der Waals surface area contributed by atoms with Crippen molar-refractivity contribution in [2.24, 2.45) is 9.98 Å². The number of carbonyl (C=O) groups is 1. The summed E-state index contributed by atoms with van der Waals surface area (Å²) in [4.78, 5) is 27.1. The van der Waals surface area contributed by atoms with Crippen molar-refractivity contribution in [3.63, 3.8) is 0 Å². The first-order valence-corrected chi connectivity index (χ1v) is 14.4. The minimum absolute atomic E-state index is 0.254. The number of carbonyl (C=O) groups excluding carboxylic acids is 1. The largest absolute Gasteiger partial charge is 0.378 e. The summed E-state index contributed by atoms with van der Waals surface area (Å²) >= 11 is 13.0. The van der Waals surface area contributed by atoms with Crippen LogP contribution in [0.15, 0.2) is 88.8 Å². The van der Waals surface area contributed by atoms with Gasteiger partial charge in [-0.15, -0.1) is 0 Å². The molecule has 4 aromatic rings. The maximum atomic E-state index is 13.8. The number of guanidine groups is 1. The maximum absolute atomic E-state index is 13.8. The number of benzodiazepines with no additional fused rings is 1. The predicted molar refractivity (Wildman–Crippen MR) is 173 cm³/mol. The summed E-state index contributed by atoms with van der Waals surface area (Å²) in [6, 6.07) is 25.2. The van der Waals surface area contributed by atoms with Crippen molar-refractivity contribution < 1.29 is 9.53 Å². The molecule has 1 unspecified atom stereocenters. The summed E-state index contributed by atoms with van der Waals surface area (Å²) < 4.78 is 5.56. The van der Waals surface area contributed by atoms with Gasteiger partial charge in [0.05, 0.1) is 24.6 Å². The number of morpholine rings is 1. The van der Waals surface area contributed by atoms with E-state index in [1.165, 1.54) is 0 Å². The van der Waals surface area contributed by atoms with Crippen LogP contribution < -0.4 is 20.4 Å². The Morgan fingerprint density at radius 1 is 0.929 bits per heavy atom. The molecule has 4 aromatic carbocycles. The van der Waals surface area contributed by atoms with E-state index < -0.39 is 6.17 Å². The van der Waals surface area contributed by atoms with Crippen molar-refractivity contribution in [3.8, 4) is 0 Å². The van der Waals surface area contributed by atoms with Crippen molar-refractivity contribution in [2.75, 3.05) is 55.5 Å². The number of nitrogens with one attached hydrogen (secondary N) is 2. The zero-order valence-electron chi connectivity index (χ0n) is 23.3. The van der Waals surface area contributed by atoms with E-state index in [0.29, 0.717) is 51.7 Å². The molecule has 8 nitrogen and oxygen atoms in total. The van der Waals surface area contributed by atoms with Gasteiger partial charge in [0.2, 0.25) is 6.17 Å². The number of hydrogen-bond acceptors (Lipinski definition) is 5. The van der Waals surface area contributed by atoms with Crippen LogP contribution in [0, 0.1) is 0 Å². The van der Waals surface area contributed by atoms with Crippen LogP contribution >= 0.6 is 23.2 Å². The average Bonchev–Trinajstić information content (AvgIpc) is 3.11. The minimum Gasteiger partial charge on any atom is -0.378 e. The Balaban J connectivity index is 1.36. The number of fused-ring (bicyclic) bond motifs is 2. The summed E-state index contributed by atoms with van der Waals surface area (Å²) in [7, 11) is 3.39. The molecule has 0 aromatic heterocycles. The molecular weight excluding hydrogens is 571 g/mol. The zero-order chi connectivity index (χ0) is 29.2. The molecule has 0 saturated carbocycles. The van der Waals surface area contributed by atoms with Gasteiger partial charge in [-0.3, -0.25) is 9.79 Å². The lowest BCUT2D eigenvalue weighted by molar-refractivity contribution is -0.119. The number of nitrogens with zero attached hydrogens (tertiary/aromatic N) is 4.